The summed E-state index contributed by atoms with van der Waals surface area (Å²) in [4.78, 5) is 3.73. The van der Waals surface area contributed by atoms with Crippen molar-refractivity contribution in [2.24, 2.45) is 0 Å². The van der Waals surface area contributed by atoms with Gasteiger partial charge in [0.2, 0.25) is 6.43 Å². The van der Waals surface area contributed by atoms with Gasteiger partial charge in [-0.05, 0) is 0 Å². The van der Waals surface area contributed by atoms with E-state index >= 15 is 0 Å². The number of halogens is 2. The molecule has 4 heteroatoms. The molecule has 0 spiro atoms. The third-order valence-corrected chi connectivity index (χ3v) is 1.54. The minimum absolute atomic E-state index is 0.112. The Morgan fingerprint density at radius 1 is 1.50 bits per heavy atom. The Hall–Kier alpha value is -0.930. The number of oxazole rings is 1. The third-order valence-electron chi connectivity index (χ3n) is 1.54. The summed E-state index contributed by atoms with van der Waals surface area (Å²) in [5, 5.41) is 0. The molecule has 0 aliphatic heterocycles. The van der Waals surface area contributed by atoms with Gasteiger partial charge in [0, 0.05) is 5.92 Å². The lowest BCUT2D eigenvalue weighted by atomic mass is 10.1. The number of hydrogen-bond donors (Lipinski definition) is 0. The van der Waals surface area contributed by atoms with E-state index in [1.807, 2.05) is 13.8 Å². The predicted octanol–water partition coefficient (Wildman–Crippen LogP) is 2.61. The smallest absolute Gasteiger partial charge is 0.244 e. The summed E-state index contributed by atoms with van der Waals surface area (Å²) in [6.45, 7) is 3.77. The second-order valence-corrected chi connectivity index (χ2v) is 2.91. The maximum Gasteiger partial charge on any atom is 0.244 e. The SMILES string of the molecule is CC(C)c1ocnc1CC(F)F. The highest BCUT2D eigenvalue weighted by Crippen LogP contribution is 2.20. The van der Waals surface area contributed by atoms with Crippen molar-refractivity contribution in [1.29, 1.82) is 0 Å². The maximum atomic E-state index is 12.0. The molecule has 0 amide bonds. The van der Waals surface area contributed by atoms with Gasteiger partial charge >= 0.3 is 0 Å². The summed E-state index contributed by atoms with van der Waals surface area (Å²) >= 11 is 0. The molecule has 2 nitrogen and oxygen atoms in total. The van der Waals surface area contributed by atoms with Gasteiger partial charge in [-0.25, -0.2) is 13.8 Å². The fourth-order valence-electron chi connectivity index (χ4n) is 1.05. The van der Waals surface area contributed by atoms with Crippen LogP contribution in [0.1, 0.15) is 31.2 Å². The summed E-state index contributed by atoms with van der Waals surface area (Å²) in [5.74, 6) is 0.677. The molecule has 1 aromatic heterocycles. The molecule has 1 rings (SSSR count). The van der Waals surface area contributed by atoms with Crippen molar-refractivity contribution in [3.63, 3.8) is 0 Å². The molecule has 0 unspecified atom stereocenters. The highest BCUT2D eigenvalue weighted by Gasteiger charge is 2.15. The Morgan fingerprint density at radius 2 is 2.17 bits per heavy atom. The Bertz CT molecular complexity index is 245. The second-order valence-electron chi connectivity index (χ2n) is 2.91. The van der Waals surface area contributed by atoms with Gasteiger partial charge in [0.25, 0.3) is 0 Å². The molecule has 0 atom stereocenters. The Morgan fingerprint density at radius 3 is 2.67 bits per heavy atom. The first-order chi connectivity index (χ1) is 5.61. The van der Waals surface area contributed by atoms with E-state index in [0.29, 0.717) is 11.5 Å². The summed E-state index contributed by atoms with van der Waals surface area (Å²) in [7, 11) is 0. The van der Waals surface area contributed by atoms with Gasteiger partial charge in [0.1, 0.15) is 5.76 Å². The van der Waals surface area contributed by atoms with E-state index < -0.39 is 6.43 Å². The van der Waals surface area contributed by atoms with Gasteiger partial charge in [0.15, 0.2) is 6.39 Å². The molecule has 68 valence electrons. The average molecular weight is 175 g/mol. The molecule has 0 aromatic carbocycles. The van der Waals surface area contributed by atoms with E-state index in [0.717, 1.165) is 0 Å². The topological polar surface area (TPSA) is 26.0 Å². The van der Waals surface area contributed by atoms with Crippen LogP contribution in [0.25, 0.3) is 0 Å². The van der Waals surface area contributed by atoms with Crippen LogP contribution in [-0.4, -0.2) is 11.4 Å². The zero-order valence-corrected chi connectivity index (χ0v) is 7.05. The van der Waals surface area contributed by atoms with Gasteiger partial charge in [-0.3, -0.25) is 0 Å². The van der Waals surface area contributed by atoms with Crippen LogP contribution in [0.15, 0.2) is 10.8 Å². The standard InChI is InChI=1S/C8H11F2NO/c1-5(2)8-6(3-7(9)10)11-4-12-8/h4-5,7H,3H2,1-2H3. The van der Waals surface area contributed by atoms with Crippen LogP contribution in [0.4, 0.5) is 8.78 Å². The van der Waals surface area contributed by atoms with Gasteiger partial charge in [-0.2, -0.15) is 0 Å². The third kappa shape index (κ3) is 2.03. The lowest BCUT2D eigenvalue weighted by molar-refractivity contribution is 0.147. The molecule has 0 radical (unpaired) electrons. The maximum absolute atomic E-state index is 12.0. The first-order valence-electron chi connectivity index (χ1n) is 3.81. The largest absolute Gasteiger partial charge is 0.448 e. The molecule has 0 fully saturated rings. The monoisotopic (exact) mass is 175 g/mol. The van der Waals surface area contributed by atoms with Crippen LogP contribution >= 0.6 is 0 Å². The van der Waals surface area contributed by atoms with E-state index in [9.17, 15) is 8.78 Å². The average Bonchev–Trinajstić information content (AvgIpc) is 2.33. The molecule has 1 aromatic rings. The van der Waals surface area contributed by atoms with Crippen LogP contribution in [0.3, 0.4) is 0 Å². The van der Waals surface area contributed by atoms with Crippen molar-refractivity contribution in [2.45, 2.75) is 32.6 Å². The predicted molar refractivity (Wildman–Crippen MR) is 40.3 cm³/mol. The van der Waals surface area contributed by atoms with E-state index in [4.69, 9.17) is 4.42 Å². The lowest BCUT2D eigenvalue weighted by Gasteiger charge is -2.02. The fraction of sp³-hybridized carbons (Fsp3) is 0.625. The summed E-state index contributed by atoms with van der Waals surface area (Å²) in [5.41, 5.74) is 0.375. The summed E-state index contributed by atoms with van der Waals surface area (Å²) in [6, 6.07) is 0. The van der Waals surface area contributed by atoms with Crippen LogP contribution in [-0.2, 0) is 6.42 Å². The molecule has 12 heavy (non-hydrogen) atoms. The summed E-state index contributed by atoms with van der Waals surface area (Å²) in [6.07, 6.45) is -1.45. The Balaban J connectivity index is 2.77. The molecular formula is C8H11F2NO. The first kappa shape index (κ1) is 9.16. The molecule has 1 heterocycles. The van der Waals surface area contributed by atoms with Crippen molar-refractivity contribution in [3.8, 4) is 0 Å². The quantitative estimate of drug-likeness (QED) is 0.705. The van der Waals surface area contributed by atoms with E-state index in [-0.39, 0.29) is 12.3 Å². The zero-order valence-electron chi connectivity index (χ0n) is 7.05. The van der Waals surface area contributed by atoms with Gasteiger partial charge < -0.3 is 4.42 Å². The molecule has 0 bridgehead atoms. The van der Waals surface area contributed by atoms with Crippen molar-refractivity contribution in [1.82, 2.24) is 4.98 Å². The second kappa shape index (κ2) is 3.65. The van der Waals surface area contributed by atoms with Crippen LogP contribution < -0.4 is 0 Å². The van der Waals surface area contributed by atoms with Gasteiger partial charge in [-0.15, -0.1) is 0 Å². The van der Waals surface area contributed by atoms with Crippen LogP contribution in [0.5, 0.6) is 0 Å². The lowest BCUT2D eigenvalue weighted by Crippen LogP contribution is -2.01. The summed E-state index contributed by atoms with van der Waals surface area (Å²) < 4.78 is 28.9. The highest BCUT2D eigenvalue weighted by atomic mass is 19.3. The molecule has 0 saturated carbocycles. The van der Waals surface area contributed by atoms with Crippen molar-refractivity contribution >= 4 is 0 Å². The molecule has 0 saturated heterocycles. The molecule has 0 aliphatic carbocycles. The zero-order chi connectivity index (χ0) is 9.14. The normalized spacial score (nSPS) is 11.5. The Kier molecular flexibility index (Phi) is 2.78. The molecular weight excluding hydrogens is 164 g/mol. The number of alkyl halides is 2. The van der Waals surface area contributed by atoms with E-state index in [1.54, 1.807) is 0 Å². The minimum atomic E-state index is -2.35. The van der Waals surface area contributed by atoms with E-state index in [1.165, 1.54) is 6.39 Å². The van der Waals surface area contributed by atoms with Crippen molar-refractivity contribution in [3.05, 3.63) is 17.8 Å². The van der Waals surface area contributed by atoms with Crippen molar-refractivity contribution in [2.75, 3.05) is 0 Å². The Labute approximate surface area is 69.6 Å². The van der Waals surface area contributed by atoms with Gasteiger partial charge in [-0.1, -0.05) is 13.8 Å². The number of hydrogen-bond acceptors (Lipinski definition) is 2. The molecule has 0 aliphatic rings. The van der Waals surface area contributed by atoms with Crippen LogP contribution in [0, 0.1) is 0 Å². The number of nitrogens with zero attached hydrogens (tertiary/aromatic N) is 1. The fourth-order valence-corrected chi connectivity index (χ4v) is 1.05. The van der Waals surface area contributed by atoms with Gasteiger partial charge in [0.05, 0.1) is 12.1 Å². The number of aromatic nitrogens is 1. The van der Waals surface area contributed by atoms with Crippen LogP contribution in [0.2, 0.25) is 0 Å². The highest BCUT2D eigenvalue weighted by molar-refractivity contribution is 5.11. The van der Waals surface area contributed by atoms with E-state index in [2.05, 4.69) is 4.98 Å². The first-order valence-corrected chi connectivity index (χ1v) is 3.81. The molecule has 0 N–H and O–H groups in total. The number of rotatable bonds is 3. The van der Waals surface area contributed by atoms with Crippen molar-refractivity contribution < 1.29 is 13.2 Å². The minimum Gasteiger partial charge on any atom is -0.448 e.